The number of rotatable bonds is 40. The van der Waals surface area contributed by atoms with Gasteiger partial charge in [-0.15, -0.1) is 0 Å². The highest BCUT2D eigenvalue weighted by Crippen LogP contribution is 2.18. The molecule has 0 amide bonds. The second-order valence-electron chi connectivity index (χ2n) is 14.7. The van der Waals surface area contributed by atoms with Gasteiger partial charge in [0.05, 0.1) is 24.3 Å². The van der Waals surface area contributed by atoms with Crippen LogP contribution in [-0.2, 0) is 20.0 Å². The third kappa shape index (κ3) is 31.8. The molecule has 0 bridgehead atoms. The molecule has 0 atom stereocenters. The molecule has 53 heavy (non-hydrogen) atoms. The van der Waals surface area contributed by atoms with Gasteiger partial charge in [0.25, 0.3) is 0 Å². The minimum Gasteiger partial charge on any atom is -0.211 e. The Labute approximate surface area is 326 Å². The van der Waals surface area contributed by atoms with Gasteiger partial charge in [0.1, 0.15) is 0 Å². The summed E-state index contributed by atoms with van der Waals surface area (Å²) < 4.78 is 58.3. The highest BCUT2D eigenvalue weighted by Gasteiger charge is 2.32. The highest BCUT2D eigenvalue weighted by atomic mass is 32.3. The lowest BCUT2D eigenvalue weighted by molar-refractivity contribution is 0.376. The lowest BCUT2D eigenvalue weighted by atomic mass is 10.1. The first-order valence-electron chi connectivity index (χ1n) is 21.2. The molecule has 0 spiro atoms. The molecule has 0 aromatic rings. The standard InChI is InChI=1S/C41H74N6O4S2/c42-33-25-17-9-1-5-13-21-29-37-46(38-30-22-14-6-2-10-18-26-34-43)52(48,49)41-53(50,51)47(39-31-23-15-7-3-11-19-27-35-44)40-32-24-16-8-4-12-20-28-36-45/h1-32,37-41H2. The van der Waals surface area contributed by atoms with Crippen LogP contribution in [0.25, 0.3) is 0 Å². The third-order valence-corrected chi connectivity index (χ3v) is 14.6. The van der Waals surface area contributed by atoms with Crippen LogP contribution in [0.1, 0.15) is 205 Å². The molecule has 0 N–H and O–H groups in total. The summed E-state index contributed by atoms with van der Waals surface area (Å²) >= 11 is 0. The van der Waals surface area contributed by atoms with Gasteiger partial charge in [0.2, 0.25) is 20.0 Å². The Hall–Kier alpha value is -2.22. The van der Waals surface area contributed by atoms with Crippen molar-refractivity contribution in [3.8, 4) is 24.3 Å². The lowest BCUT2D eigenvalue weighted by Crippen LogP contribution is -2.42. The average molecular weight is 779 g/mol. The van der Waals surface area contributed by atoms with Gasteiger partial charge in [0.15, 0.2) is 5.08 Å². The number of hydrogen-bond acceptors (Lipinski definition) is 8. The van der Waals surface area contributed by atoms with E-state index in [0.29, 0.717) is 77.5 Å². The minimum absolute atomic E-state index is 0.336. The van der Waals surface area contributed by atoms with Crippen molar-refractivity contribution in [3.05, 3.63) is 0 Å². The third-order valence-electron chi connectivity index (χ3n) is 9.87. The minimum atomic E-state index is -4.04. The molecule has 0 rings (SSSR count). The molecule has 0 aromatic heterocycles. The summed E-state index contributed by atoms with van der Waals surface area (Å²) in [5, 5.41) is 34.0. The SMILES string of the molecule is N#CCCCCCCCCCN(CCCCCCCCCC#N)S(=O)(=O)CS(=O)(=O)N(CCCCCCCCCC#N)CCCCCCCCCC#N. The molecule has 12 heteroatoms. The zero-order chi connectivity index (χ0) is 39.1. The summed E-state index contributed by atoms with van der Waals surface area (Å²) in [6.07, 6.45) is 29.0. The van der Waals surface area contributed by atoms with E-state index in [1.807, 2.05) is 0 Å². The predicted octanol–water partition coefficient (Wildman–Crippen LogP) is 10.8. The van der Waals surface area contributed by atoms with Crippen molar-refractivity contribution < 1.29 is 16.8 Å². The summed E-state index contributed by atoms with van der Waals surface area (Å²) in [6, 6.07) is 8.72. The fraction of sp³-hybridized carbons (Fsp3) is 0.902. The first kappa shape index (κ1) is 50.8. The molecule has 0 aliphatic rings. The van der Waals surface area contributed by atoms with Crippen molar-refractivity contribution >= 4 is 20.0 Å². The molecule has 10 nitrogen and oxygen atoms in total. The summed E-state index contributed by atoms with van der Waals surface area (Å²) in [7, 11) is -8.09. The first-order chi connectivity index (χ1) is 25.7. The molecule has 0 saturated heterocycles. The summed E-state index contributed by atoms with van der Waals surface area (Å²) in [5.41, 5.74) is 0. The maximum Gasteiger partial charge on any atom is 0.229 e. The second-order valence-corrected chi connectivity index (χ2v) is 19.0. The van der Waals surface area contributed by atoms with E-state index in [4.69, 9.17) is 21.0 Å². The van der Waals surface area contributed by atoms with Crippen LogP contribution in [0.2, 0.25) is 0 Å². The molecule has 0 radical (unpaired) electrons. The van der Waals surface area contributed by atoms with Gasteiger partial charge in [-0.2, -0.15) is 21.0 Å². The van der Waals surface area contributed by atoms with E-state index in [9.17, 15) is 16.8 Å². The van der Waals surface area contributed by atoms with Crippen LogP contribution in [0.3, 0.4) is 0 Å². The largest absolute Gasteiger partial charge is 0.229 e. The van der Waals surface area contributed by atoms with Gasteiger partial charge in [-0.3, -0.25) is 0 Å². The van der Waals surface area contributed by atoms with Crippen LogP contribution in [-0.4, -0.2) is 56.7 Å². The van der Waals surface area contributed by atoms with Gasteiger partial charge in [-0.05, 0) is 51.4 Å². The maximum absolute atomic E-state index is 13.9. The number of nitriles is 4. The molecule has 304 valence electrons. The van der Waals surface area contributed by atoms with E-state index in [1.54, 1.807) is 0 Å². The van der Waals surface area contributed by atoms with Crippen molar-refractivity contribution in [1.82, 2.24) is 8.61 Å². The Morgan fingerprint density at radius 3 is 0.642 bits per heavy atom. The summed E-state index contributed by atoms with van der Waals surface area (Å²) in [5.74, 6) is 0. The van der Waals surface area contributed by atoms with E-state index in [-0.39, 0.29) is 0 Å². The quantitative estimate of drug-likeness (QED) is 0.0553. The van der Waals surface area contributed by atoms with Crippen molar-refractivity contribution in [2.24, 2.45) is 0 Å². The fourth-order valence-corrected chi connectivity index (χ4v) is 10.9. The van der Waals surface area contributed by atoms with E-state index in [1.165, 1.54) is 8.61 Å². The number of unbranched alkanes of at least 4 members (excludes halogenated alkanes) is 28. The molecule has 0 saturated carbocycles. The monoisotopic (exact) mass is 779 g/mol. The van der Waals surface area contributed by atoms with Gasteiger partial charge in [-0.25, -0.2) is 25.4 Å². The van der Waals surface area contributed by atoms with Crippen molar-refractivity contribution in [3.63, 3.8) is 0 Å². The van der Waals surface area contributed by atoms with Gasteiger partial charge < -0.3 is 0 Å². The molecule has 0 fully saturated rings. The Morgan fingerprint density at radius 2 is 0.453 bits per heavy atom. The Morgan fingerprint density at radius 1 is 0.283 bits per heavy atom. The molecule has 0 unspecified atom stereocenters. The van der Waals surface area contributed by atoms with Crippen LogP contribution in [0.15, 0.2) is 0 Å². The Balaban J connectivity index is 5.33. The molecular weight excluding hydrogens is 705 g/mol. The highest BCUT2D eigenvalue weighted by molar-refractivity contribution is 8.05. The zero-order valence-electron chi connectivity index (χ0n) is 33.3. The predicted molar refractivity (Wildman–Crippen MR) is 216 cm³/mol. The van der Waals surface area contributed by atoms with Crippen LogP contribution >= 0.6 is 0 Å². The normalized spacial score (nSPS) is 11.7. The van der Waals surface area contributed by atoms with E-state index in [2.05, 4.69) is 24.3 Å². The fourth-order valence-electron chi connectivity index (χ4n) is 6.62. The van der Waals surface area contributed by atoms with Gasteiger partial charge >= 0.3 is 0 Å². The molecule has 0 heterocycles. The Bertz CT molecular complexity index is 1090. The smallest absolute Gasteiger partial charge is 0.211 e. The van der Waals surface area contributed by atoms with Gasteiger partial charge in [-0.1, -0.05) is 128 Å². The summed E-state index contributed by atoms with van der Waals surface area (Å²) in [6.45, 7) is 1.35. The van der Waals surface area contributed by atoms with Crippen molar-refractivity contribution in [2.45, 2.75) is 205 Å². The van der Waals surface area contributed by atoms with Crippen LogP contribution in [0.4, 0.5) is 0 Å². The van der Waals surface area contributed by atoms with Gasteiger partial charge in [0, 0.05) is 51.9 Å². The van der Waals surface area contributed by atoms with Crippen LogP contribution < -0.4 is 0 Å². The van der Waals surface area contributed by atoms with E-state index < -0.39 is 25.1 Å². The van der Waals surface area contributed by atoms with Crippen LogP contribution in [0, 0.1) is 45.3 Å². The lowest BCUT2D eigenvalue weighted by Gasteiger charge is -2.26. The zero-order valence-corrected chi connectivity index (χ0v) is 34.9. The first-order valence-corrected chi connectivity index (χ1v) is 24.4. The summed E-state index contributed by atoms with van der Waals surface area (Å²) in [4.78, 5) is 0. The number of sulfonamides is 2. The van der Waals surface area contributed by atoms with Crippen molar-refractivity contribution in [1.29, 1.82) is 21.0 Å². The number of nitrogens with zero attached hydrogens (tertiary/aromatic N) is 6. The molecule has 0 aliphatic heterocycles. The van der Waals surface area contributed by atoms with Crippen LogP contribution in [0.5, 0.6) is 0 Å². The molecular formula is C41H74N6O4S2. The van der Waals surface area contributed by atoms with Crippen molar-refractivity contribution in [2.75, 3.05) is 31.3 Å². The molecule has 0 aliphatic carbocycles. The average Bonchev–Trinajstić information content (AvgIpc) is 3.12. The molecule has 0 aromatic carbocycles. The Kier molecular flexibility index (Phi) is 35.2. The van der Waals surface area contributed by atoms with E-state index >= 15 is 0 Å². The van der Waals surface area contributed by atoms with E-state index in [0.717, 1.165) is 154 Å². The number of hydrogen-bond donors (Lipinski definition) is 0. The topological polar surface area (TPSA) is 170 Å². The second kappa shape index (κ2) is 36.7. The maximum atomic E-state index is 13.9.